The van der Waals surface area contributed by atoms with Gasteiger partial charge in [0.1, 0.15) is 0 Å². The summed E-state index contributed by atoms with van der Waals surface area (Å²) in [4.78, 5) is 0. The highest BCUT2D eigenvalue weighted by Gasteiger charge is 2.57. The van der Waals surface area contributed by atoms with E-state index in [1.807, 2.05) is 0 Å². The van der Waals surface area contributed by atoms with E-state index in [1.165, 1.54) is 193 Å². The Morgan fingerprint density at radius 1 is 0.151 bits per heavy atom. The molecule has 0 saturated heterocycles. The van der Waals surface area contributed by atoms with Crippen molar-refractivity contribution in [1.29, 1.82) is 0 Å². The molecule has 7 unspecified atom stereocenters. The monoisotopic (exact) mass is 1290 g/mol. The first-order chi connectivity index (χ1) is 42.8. The summed E-state index contributed by atoms with van der Waals surface area (Å²) in [6.07, 6.45) is 54.5. The molecule has 0 aromatic heterocycles. The second kappa shape index (κ2) is 32.5. The second-order valence-corrected chi connectivity index (χ2v) is 46.7. The van der Waals surface area contributed by atoms with Gasteiger partial charge >= 0.3 is 0 Å². The maximum absolute atomic E-state index is 2.43. The molecule has 0 N–H and O–H groups in total. The maximum atomic E-state index is 2.43. The molecule has 93 heavy (non-hydrogen) atoms. The number of hydrogen-bond acceptors (Lipinski definition) is 0. The lowest BCUT2D eigenvalue weighted by Gasteiger charge is -2.63. The van der Waals surface area contributed by atoms with Crippen LogP contribution in [-0.4, -0.2) is 0 Å². The molecule has 0 aliphatic heterocycles. The summed E-state index contributed by atoms with van der Waals surface area (Å²) in [5, 5.41) is 0. The quantitative estimate of drug-likeness (QED) is 0.212. The van der Waals surface area contributed by atoms with E-state index in [0.717, 1.165) is 124 Å². The topological polar surface area (TPSA) is 0 Å². The molecular weight excluding hydrogens is 1120 g/mol. The zero-order chi connectivity index (χ0) is 69.1. The summed E-state index contributed by atoms with van der Waals surface area (Å²) >= 11 is 0. The summed E-state index contributed by atoms with van der Waals surface area (Å²) in [6, 6.07) is 0. The van der Waals surface area contributed by atoms with Crippen LogP contribution in [0.1, 0.15) is 418 Å². The van der Waals surface area contributed by atoms with Gasteiger partial charge in [0, 0.05) is 0 Å². The fraction of sp³-hybridized carbons (Fsp3) is 1.00. The van der Waals surface area contributed by atoms with Crippen molar-refractivity contribution in [3.63, 3.8) is 0 Å². The van der Waals surface area contributed by atoms with Crippen LogP contribution < -0.4 is 0 Å². The lowest BCUT2D eigenvalue weighted by atomic mass is 9.42. The van der Waals surface area contributed by atoms with E-state index < -0.39 is 0 Å². The van der Waals surface area contributed by atoms with E-state index in [1.54, 1.807) is 38.5 Å². The highest BCUT2D eigenvalue weighted by Crippen LogP contribution is 2.65. The van der Waals surface area contributed by atoms with Crippen LogP contribution in [0.25, 0.3) is 0 Å². The molecule has 0 radical (unpaired) electrons. The third-order valence-corrected chi connectivity index (χ3v) is 30.6. The first-order valence-electron chi connectivity index (χ1n) is 42.8. The average molecular weight is 1290 g/mol. The Morgan fingerprint density at radius 2 is 0.398 bits per heavy atom. The van der Waals surface area contributed by atoms with Gasteiger partial charge in [-0.3, -0.25) is 0 Å². The molecule has 19 aliphatic rings. The van der Waals surface area contributed by atoms with Crippen molar-refractivity contribution < 1.29 is 0 Å². The summed E-state index contributed by atoms with van der Waals surface area (Å²) < 4.78 is 0. The predicted molar refractivity (Wildman–Crippen MR) is 415 cm³/mol. The van der Waals surface area contributed by atoms with Crippen molar-refractivity contribution in [1.82, 2.24) is 0 Å². The van der Waals surface area contributed by atoms with E-state index in [-0.39, 0.29) is 0 Å². The SMILES string of the molecule is CC(C)(C)C1C2CC1C2.CC(C)(C)C1C2CCC1C2.CC(C)(C)C1C2CCC1CC2.CC(C)(C)C1CC2CC1C2.CC(C)(C)C1CC2CCC1C2.CC(C)(C)C1CC2CCC1CC2.CC(C)(C)C1CCCC1.CC(C)(C)C1CCCCC1.CC(C)(C)C1CCCCCC1. The van der Waals surface area contributed by atoms with Gasteiger partial charge < -0.3 is 0 Å². The smallest absolute Gasteiger partial charge is 0.0308 e. The van der Waals surface area contributed by atoms with Crippen LogP contribution in [0, 0.1) is 173 Å². The molecular formula is C93H174. The predicted octanol–water partition coefficient (Wildman–Crippen LogP) is 30.5. The van der Waals surface area contributed by atoms with Crippen LogP contribution in [0.15, 0.2) is 0 Å². The van der Waals surface area contributed by atoms with Gasteiger partial charge in [-0.15, -0.1) is 0 Å². The Kier molecular flexibility index (Phi) is 28.1. The average Bonchev–Trinajstić information content (AvgIpc) is 1.70. The lowest BCUT2D eigenvalue weighted by Crippen LogP contribution is -2.55. The summed E-state index contributed by atoms with van der Waals surface area (Å²) in [7, 11) is 0. The van der Waals surface area contributed by atoms with Crippen molar-refractivity contribution in [3.05, 3.63) is 0 Å². The minimum absolute atomic E-state index is 0.560. The molecule has 0 heteroatoms. The first kappa shape index (κ1) is 80.3. The van der Waals surface area contributed by atoms with E-state index in [2.05, 4.69) is 187 Å². The molecule has 19 aliphatic carbocycles. The molecule has 0 spiro atoms. The maximum Gasteiger partial charge on any atom is -0.0308 e. The Labute approximate surface area is 587 Å². The summed E-state index contributed by atoms with van der Waals surface area (Å²) in [5.74, 6) is 22.7. The Morgan fingerprint density at radius 3 is 0.591 bits per heavy atom. The third kappa shape index (κ3) is 23.0. The number of hydrogen-bond donors (Lipinski definition) is 0. The largest absolute Gasteiger partial charge is 0.0599 e. The van der Waals surface area contributed by atoms with Crippen LogP contribution in [-0.2, 0) is 0 Å². The van der Waals surface area contributed by atoms with Gasteiger partial charge in [-0.05, 0) is 327 Å². The molecule has 0 nitrogen and oxygen atoms in total. The van der Waals surface area contributed by atoms with Gasteiger partial charge in [-0.2, -0.15) is 0 Å². The minimum atomic E-state index is 0.560. The highest BCUT2D eigenvalue weighted by molar-refractivity contribution is 5.06. The Bertz CT molecular complexity index is 2020. The van der Waals surface area contributed by atoms with Crippen molar-refractivity contribution in [2.24, 2.45) is 173 Å². The standard InChI is InChI=1S/C12H22.2C11H20.C11H22.2C10H18.C10H20.C9H16.C9H18/c1-12(2,3)11-8-9-4-6-10(11)7-5-9;1-11(2,3)10-7-8-4-5-9(10)6-8;1-11(2,3)10-8-4-5-9(10)7-6-8;1-11(2,3)10-8-6-4-5-7-9-10;1-10(2,3)9-6-7-4-8(9)5-7;1-10(2,3)9-7-4-5-8(9)6-7;1-10(2,3)9-7-5-4-6-8-9;1-9(2,3)8-6-4-7(8)5-6;1-9(2,3)8-6-4-5-7-8/h9-11H,4-8H2,1-3H3;2*8-10H,4-7H2,1-3H3;10H,4-9H2,1-3H3;2*7-9H,4-6H2,1-3H3;9H,4-8H2,1-3H3;6-8H,4-5H2,1-3H3;8H,4-7H2,1-3H3. The fourth-order valence-electron chi connectivity index (χ4n) is 25.2. The molecule has 546 valence electrons. The molecule has 0 heterocycles. The molecule has 19 saturated carbocycles. The zero-order valence-corrected chi connectivity index (χ0v) is 69.1. The lowest BCUT2D eigenvalue weighted by molar-refractivity contribution is -0.141. The minimum Gasteiger partial charge on any atom is -0.0599 e. The van der Waals surface area contributed by atoms with E-state index >= 15 is 0 Å². The highest BCUT2D eigenvalue weighted by atomic mass is 14.6. The van der Waals surface area contributed by atoms with Gasteiger partial charge in [-0.1, -0.05) is 264 Å². The molecule has 0 amide bonds. The van der Waals surface area contributed by atoms with Crippen molar-refractivity contribution in [2.75, 3.05) is 0 Å². The van der Waals surface area contributed by atoms with Crippen molar-refractivity contribution in [2.45, 2.75) is 418 Å². The Balaban J connectivity index is 0.000000148. The third-order valence-electron chi connectivity index (χ3n) is 30.6. The van der Waals surface area contributed by atoms with Gasteiger partial charge in [-0.25, -0.2) is 0 Å². The molecule has 7 atom stereocenters. The van der Waals surface area contributed by atoms with E-state index in [4.69, 9.17) is 0 Å². The zero-order valence-electron chi connectivity index (χ0n) is 69.1. The second-order valence-electron chi connectivity index (χ2n) is 46.7. The number of fused-ring (bicyclic) bond motifs is 9. The molecule has 19 rings (SSSR count). The van der Waals surface area contributed by atoms with E-state index in [9.17, 15) is 0 Å². The van der Waals surface area contributed by atoms with Gasteiger partial charge in [0.2, 0.25) is 0 Å². The van der Waals surface area contributed by atoms with Gasteiger partial charge in [0.15, 0.2) is 0 Å². The van der Waals surface area contributed by atoms with Gasteiger partial charge in [0.25, 0.3) is 0 Å². The molecule has 0 aromatic rings. The van der Waals surface area contributed by atoms with Crippen LogP contribution in [0.4, 0.5) is 0 Å². The first-order valence-corrected chi connectivity index (χ1v) is 42.8. The van der Waals surface area contributed by atoms with Crippen LogP contribution in [0.5, 0.6) is 0 Å². The normalized spacial score (nSPS) is 37.5. The molecule has 0 aromatic carbocycles. The van der Waals surface area contributed by atoms with Crippen molar-refractivity contribution in [3.8, 4) is 0 Å². The number of rotatable bonds is 0. The summed E-state index contributed by atoms with van der Waals surface area (Å²) in [6.45, 7) is 64.8. The summed E-state index contributed by atoms with van der Waals surface area (Å²) in [5.41, 5.74) is 5.26. The van der Waals surface area contributed by atoms with Crippen LogP contribution >= 0.6 is 0 Å². The van der Waals surface area contributed by atoms with Crippen LogP contribution in [0.2, 0.25) is 0 Å². The van der Waals surface area contributed by atoms with Crippen molar-refractivity contribution >= 4 is 0 Å². The van der Waals surface area contributed by atoms with Crippen LogP contribution in [0.3, 0.4) is 0 Å². The molecule has 12 bridgehead atoms. The van der Waals surface area contributed by atoms with E-state index in [0.29, 0.717) is 48.7 Å². The molecule has 19 fully saturated rings. The Hall–Kier alpha value is 0. The van der Waals surface area contributed by atoms with Gasteiger partial charge in [0.05, 0.1) is 0 Å². The fourth-order valence-corrected chi connectivity index (χ4v) is 25.2.